The Kier molecular flexibility index (Phi) is 5.30. The first-order valence-corrected chi connectivity index (χ1v) is 11.6. The van der Waals surface area contributed by atoms with Crippen LogP contribution in [0.5, 0.6) is 0 Å². The molecule has 2 heterocycles. The number of carbonyl (C=O) groups is 3. The Labute approximate surface area is 185 Å². The number of aromatic carboxylic acids is 1. The fourth-order valence-electron chi connectivity index (χ4n) is 4.34. The number of carboxylic acid groups (broad SMARTS) is 1. The molecule has 0 saturated carbocycles. The van der Waals surface area contributed by atoms with E-state index in [1.165, 1.54) is 38.4 Å². The molecule has 4 rings (SSSR count). The number of fused-ring (bicyclic) bond motifs is 2. The van der Waals surface area contributed by atoms with Crippen molar-refractivity contribution in [2.24, 2.45) is 0 Å². The van der Waals surface area contributed by atoms with Gasteiger partial charge in [-0.15, -0.1) is 0 Å². The van der Waals surface area contributed by atoms with Crippen molar-refractivity contribution in [3.05, 3.63) is 46.3 Å². The van der Waals surface area contributed by atoms with E-state index in [0.29, 0.717) is 36.3 Å². The van der Waals surface area contributed by atoms with Gasteiger partial charge in [0, 0.05) is 44.0 Å². The third-order valence-electron chi connectivity index (χ3n) is 5.87. The Morgan fingerprint density at radius 2 is 1.97 bits per heavy atom. The van der Waals surface area contributed by atoms with E-state index in [0.717, 1.165) is 4.31 Å². The van der Waals surface area contributed by atoms with E-state index in [1.54, 1.807) is 4.57 Å². The standard InChI is InChI=1S/C22H23N3O6S/c1-4-25-16-6-5-7-18(26)19(16)20(22(28)29)17(25)11-14-13-10-12(32(30,31)24(2)3)8-9-15(13)23-21(14)27/h8-11H,4-7H2,1-3H3,(H,23,27)(H,28,29). The summed E-state index contributed by atoms with van der Waals surface area (Å²) < 4.78 is 28.0. The average molecular weight is 458 g/mol. The number of rotatable bonds is 5. The number of anilines is 1. The Bertz CT molecular complexity index is 1320. The fraction of sp³-hybridized carbons (Fsp3) is 0.318. The maximum Gasteiger partial charge on any atom is 0.338 e. The molecule has 2 aliphatic rings. The molecule has 1 amide bonds. The molecule has 1 aromatic carbocycles. The minimum absolute atomic E-state index is 0.0162. The highest BCUT2D eigenvalue weighted by atomic mass is 32.2. The van der Waals surface area contributed by atoms with E-state index in [1.807, 2.05) is 6.92 Å². The lowest BCUT2D eigenvalue weighted by molar-refractivity contribution is -0.110. The number of ketones is 1. The van der Waals surface area contributed by atoms with Gasteiger partial charge in [-0.25, -0.2) is 17.5 Å². The molecule has 32 heavy (non-hydrogen) atoms. The Balaban J connectivity index is 1.96. The van der Waals surface area contributed by atoms with Crippen molar-refractivity contribution in [1.82, 2.24) is 8.87 Å². The van der Waals surface area contributed by atoms with Crippen molar-refractivity contribution in [2.45, 2.75) is 37.6 Å². The second kappa shape index (κ2) is 7.72. The monoisotopic (exact) mass is 457 g/mol. The summed E-state index contributed by atoms with van der Waals surface area (Å²) in [5.41, 5.74) is 1.97. The van der Waals surface area contributed by atoms with Crippen LogP contribution in [0.4, 0.5) is 5.69 Å². The summed E-state index contributed by atoms with van der Waals surface area (Å²) in [5, 5.41) is 12.6. The number of carboxylic acids is 1. The number of amides is 1. The number of Topliss-reactive ketones (excluding diaryl/α,β-unsaturated/α-hetero) is 1. The summed E-state index contributed by atoms with van der Waals surface area (Å²) >= 11 is 0. The molecule has 0 spiro atoms. The smallest absolute Gasteiger partial charge is 0.338 e. The molecule has 1 aliphatic carbocycles. The second-order valence-corrected chi connectivity index (χ2v) is 10.1. The summed E-state index contributed by atoms with van der Waals surface area (Å²) in [6.07, 6.45) is 2.95. The Morgan fingerprint density at radius 3 is 2.59 bits per heavy atom. The van der Waals surface area contributed by atoms with E-state index in [9.17, 15) is 27.9 Å². The van der Waals surface area contributed by atoms with Crippen LogP contribution in [-0.2, 0) is 27.8 Å². The maximum absolute atomic E-state index is 12.8. The number of nitrogens with one attached hydrogen (secondary N) is 1. The zero-order chi connectivity index (χ0) is 23.4. The molecule has 0 atom stereocenters. The normalized spacial score (nSPS) is 16.9. The van der Waals surface area contributed by atoms with Gasteiger partial charge in [0.25, 0.3) is 5.91 Å². The van der Waals surface area contributed by atoms with Gasteiger partial charge >= 0.3 is 5.97 Å². The summed E-state index contributed by atoms with van der Waals surface area (Å²) in [5.74, 6) is -1.92. The lowest BCUT2D eigenvalue weighted by Gasteiger charge is -2.14. The first-order valence-electron chi connectivity index (χ1n) is 10.2. The fourth-order valence-corrected chi connectivity index (χ4v) is 5.26. The molecule has 1 aromatic heterocycles. The predicted octanol–water partition coefficient (Wildman–Crippen LogP) is 2.47. The molecular formula is C22H23N3O6S. The molecule has 9 nitrogen and oxygen atoms in total. The largest absolute Gasteiger partial charge is 0.478 e. The predicted molar refractivity (Wildman–Crippen MR) is 118 cm³/mol. The van der Waals surface area contributed by atoms with E-state index in [2.05, 4.69) is 5.32 Å². The quantitative estimate of drug-likeness (QED) is 0.665. The van der Waals surface area contributed by atoms with Crippen LogP contribution in [0, 0.1) is 0 Å². The van der Waals surface area contributed by atoms with Gasteiger partial charge in [-0.1, -0.05) is 0 Å². The first-order chi connectivity index (χ1) is 15.1. The van der Waals surface area contributed by atoms with E-state index in [4.69, 9.17) is 0 Å². The molecule has 0 radical (unpaired) electrons. The van der Waals surface area contributed by atoms with Gasteiger partial charge in [-0.3, -0.25) is 9.59 Å². The van der Waals surface area contributed by atoms with Crippen LogP contribution in [0.25, 0.3) is 11.6 Å². The number of carbonyl (C=O) groups excluding carboxylic acids is 2. The van der Waals surface area contributed by atoms with Crippen LogP contribution in [-0.4, -0.2) is 54.2 Å². The molecule has 0 fully saturated rings. The van der Waals surface area contributed by atoms with Gasteiger partial charge in [-0.2, -0.15) is 0 Å². The van der Waals surface area contributed by atoms with Crippen molar-refractivity contribution < 1.29 is 27.9 Å². The molecule has 2 N–H and O–H groups in total. The van der Waals surface area contributed by atoms with Crippen LogP contribution < -0.4 is 5.32 Å². The lowest BCUT2D eigenvalue weighted by atomic mass is 9.93. The van der Waals surface area contributed by atoms with Crippen LogP contribution in [0.2, 0.25) is 0 Å². The summed E-state index contributed by atoms with van der Waals surface area (Å²) in [6, 6.07) is 4.32. The molecular weight excluding hydrogens is 434 g/mol. The minimum atomic E-state index is -3.73. The highest BCUT2D eigenvalue weighted by molar-refractivity contribution is 7.89. The summed E-state index contributed by atoms with van der Waals surface area (Å²) in [4.78, 5) is 37.5. The van der Waals surface area contributed by atoms with Gasteiger partial charge in [0.2, 0.25) is 10.0 Å². The van der Waals surface area contributed by atoms with Gasteiger partial charge in [-0.05, 0) is 44.0 Å². The third-order valence-corrected chi connectivity index (χ3v) is 7.68. The van der Waals surface area contributed by atoms with Gasteiger partial charge in [0.05, 0.1) is 27.3 Å². The van der Waals surface area contributed by atoms with Crippen molar-refractivity contribution in [3.63, 3.8) is 0 Å². The maximum atomic E-state index is 12.8. The Hall–Kier alpha value is -3.24. The minimum Gasteiger partial charge on any atom is -0.478 e. The van der Waals surface area contributed by atoms with Crippen LogP contribution in [0.3, 0.4) is 0 Å². The summed E-state index contributed by atoms with van der Waals surface area (Å²) in [7, 11) is -0.905. The SMILES string of the molecule is CCn1c(C=C2C(=O)Nc3ccc(S(=O)(=O)N(C)C)cc32)c(C(=O)O)c2c1CCCC2=O. The number of sulfonamides is 1. The molecule has 1 aliphatic heterocycles. The molecule has 0 saturated heterocycles. The van der Waals surface area contributed by atoms with Crippen molar-refractivity contribution >= 4 is 45.0 Å². The van der Waals surface area contributed by atoms with Gasteiger partial charge in [0.15, 0.2) is 5.78 Å². The zero-order valence-corrected chi connectivity index (χ0v) is 18.7. The van der Waals surface area contributed by atoms with Gasteiger partial charge in [0.1, 0.15) is 0 Å². The van der Waals surface area contributed by atoms with Crippen LogP contribution >= 0.6 is 0 Å². The van der Waals surface area contributed by atoms with Crippen LogP contribution in [0.1, 0.15) is 57.4 Å². The number of benzene rings is 1. The molecule has 2 aromatic rings. The zero-order valence-electron chi connectivity index (χ0n) is 17.9. The highest BCUT2D eigenvalue weighted by Crippen LogP contribution is 2.38. The number of aromatic nitrogens is 1. The topological polar surface area (TPSA) is 126 Å². The molecule has 168 valence electrons. The summed E-state index contributed by atoms with van der Waals surface area (Å²) in [6.45, 7) is 2.27. The van der Waals surface area contributed by atoms with Crippen LogP contribution in [0.15, 0.2) is 23.1 Å². The third kappa shape index (κ3) is 3.26. The number of nitrogens with zero attached hydrogens (tertiary/aromatic N) is 2. The highest BCUT2D eigenvalue weighted by Gasteiger charge is 2.34. The average Bonchev–Trinajstić information content (AvgIpc) is 3.22. The molecule has 10 heteroatoms. The van der Waals surface area contributed by atoms with E-state index < -0.39 is 21.9 Å². The van der Waals surface area contributed by atoms with Crippen molar-refractivity contribution in [3.8, 4) is 0 Å². The van der Waals surface area contributed by atoms with Gasteiger partial charge < -0.3 is 15.0 Å². The Morgan fingerprint density at radius 1 is 1.25 bits per heavy atom. The van der Waals surface area contributed by atoms with E-state index in [-0.39, 0.29) is 39.5 Å². The first kappa shape index (κ1) is 22.0. The van der Waals surface area contributed by atoms with Crippen molar-refractivity contribution in [2.75, 3.05) is 19.4 Å². The van der Waals surface area contributed by atoms with E-state index >= 15 is 0 Å². The molecule has 0 bridgehead atoms. The number of hydrogen-bond donors (Lipinski definition) is 2. The molecule has 0 unspecified atom stereocenters. The van der Waals surface area contributed by atoms with Crippen molar-refractivity contribution in [1.29, 1.82) is 0 Å². The lowest BCUT2D eigenvalue weighted by Crippen LogP contribution is -2.22. The number of hydrogen-bond acceptors (Lipinski definition) is 5. The second-order valence-electron chi connectivity index (χ2n) is 7.92.